The zero-order valence-corrected chi connectivity index (χ0v) is 14.6. The molecule has 0 saturated carbocycles. The maximum atomic E-state index is 12.5. The highest BCUT2D eigenvalue weighted by Crippen LogP contribution is 2.31. The largest absolute Gasteiger partial charge is 0.444 e. The molecule has 130 valence electrons. The normalized spacial score (nSPS) is 18.8. The molecule has 1 aliphatic rings. The predicted octanol–water partition coefficient (Wildman–Crippen LogP) is 2.79. The fraction of sp³-hybridized carbons (Fsp3) is 0.588. The number of aromatic amines is 1. The summed E-state index contributed by atoms with van der Waals surface area (Å²) in [4.78, 5) is 28.7. The van der Waals surface area contributed by atoms with Crippen LogP contribution in [0.3, 0.4) is 0 Å². The Hall–Kier alpha value is -2.31. The second-order valence-corrected chi connectivity index (χ2v) is 7.33. The Bertz CT molecular complexity index is 815. The Kier molecular flexibility index (Phi) is 4.11. The number of piperidine rings is 1. The minimum Gasteiger partial charge on any atom is -0.444 e. The van der Waals surface area contributed by atoms with Gasteiger partial charge in [-0.1, -0.05) is 0 Å². The third-order valence-electron chi connectivity index (χ3n) is 4.13. The van der Waals surface area contributed by atoms with Crippen LogP contribution in [0.2, 0.25) is 0 Å². The van der Waals surface area contributed by atoms with E-state index in [1.807, 2.05) is 33.8 Å². The summed E-state index contributed by atoms with van der Waals surface area (Å²) in [6.45, 7) is 8.09. The molecule has 0 radical (unpaired) electrons. The van der Waals surface area contributed by atoms with Gasteiger partial charge in [-0.05, 0) is 47.0 Å². The molecule has 2 aromatic heterocycles. The first kappa shape index (κ1) is 16.5. The van der Waals surface area contributed by atoms with Crippen LogP contribution < -0.4 is 5.56 Å². The number of amides is 1. The molecule has 1 unspecified atom stereocenters. The number of fused-ring (bicyclic) bond motifs is 1. The van der Waals surface area contributed by atoms with Gasteiger partial charge in [0.15, 0.2) is 0 Å². The summed E-state index contributed by atoms with van der Waals surface area (Å²) in [5.74, 6) is 0. The lowest BCUT2D eigenvalue weighted by molar-refractivity contribution is 0.00898. The monoisotopic (exact) mass is 332 g/mol. The van der Waals surface area contributed by atoms with Crippen LogP contribution in [0.15, 0.2) is 16.9 Å². The molecule has 1 amide bonds. The van der Waals surface area contributed by atoms with Crippen molar-refractivity contribution in [2.24, 2.45) is 0 Å². The molecule has 0 aromatic carbocycles. The van der Waals surface area contributed by atoms with Crippen molar-refractivity contribution in [2.45, 2.75) is 58.6 Å². The average molecular weight is 332 g/mol. The van der Waals surface area contributed by atoms with Crippen LogP contribution >= 0.6 is 0 Å². The van der Waals surface area contributed by atoms with Gasteiger partial charge in [-0.3, -0.25) is 9.69 Å². The number of carbonyl (C=O) groups excluding carboxylic acids is 1. The lowest BCUT2D eigenvalue weighted by Gasteiger charge is -2.35. The van der Waals surface area contributed by atoms with Crippen molar-refractivity contribution < 1.29 is 9.53 Å². The van der Waals surface area contributed by atoms with Gasteiger partial charge in [-0.2, -0.15) is 5.10 Å². The molecule has 3 rings (SSSR count). The van der Waals surface area contributed by atoms with E-state index < -0.39 is 5.60 Å². The Morgan fingerprint density at radius 2 is 2.08 bits per heavy atom. The molecule has 0 bridgehead atoms. The van der Waals surface area contributed by atoms with E-state index in [2.05, 4.69) is 10.1 Å². The molecule has 7 nitrogen and oxygen atoms in total. The number of nitrogens with one attached hydrogen (secondary N) is 1. The van der Waals surface area contributed by atoms with Crippen molar-refractivity contribution in [3.8, 4) is 0 Å². The van der Waals surface area contributed by atoms with Crippen LogP contribution in [0.25, 0.3) is 5.65 Å². The van der Waals surface area contributed by atoms with E-state index >= 15 is 0 Å². The van der Waals surface area contributed by atoms with Gasteiger partial charge in [0.2, 0.25) is 0 Å². The summed E-state index contributed by atoms with van der Waals surface area (Å²) in [6, 6.07) is 3.23. The van der Waals surface area contributed by atoms with Gasteiger partial charge in [0.1, 0.15) is 11.2 Å². The fourth-order valence-electron chi connectivity index (χ4n) is 3.11. The molecule has 1 atom stereocenters. The van der Waals surface area contributed by atoms with E-state index in [-0.39, 0.29) is 17.7 Å². The number of nitrogens with zero attached hydrogens (tertiary/aromatic N) is 3. The smallest absolute Gasteiger partial charge is 0.410 e. The van der Waals surface area contributed by atoms with Gasteiger partial charge < -0.3 is 9.72 Å². The van der Waals surface area contributed by atoms with E-state index in [9.17, 15) is 9.59 Å². The van der Waals surface area contributed by atoms with Crippen LogP contribution in [0, 0.1) is 6.92 Å². The SMILES string of the molecule is Cc1cc(=O)[nH]c2cc(C3CCCCN3C(=O)OC(C)(C)C)nn12. The van der Waals surface area contributed by atoms with Gasteiger partial charge in [0, 0.05) is 24.4 Å². The van der Waals surface area contributed by atoms with Crippen molar-refractivity contribution >= 4 is 11.7 Å². The first-order valence-corrected chi connectivity index (χ1v) is 8.34. The summed E-state index contributed by atoms with van der Waals surface area (Å²) in [6.07, 6.45) is 2.52. The molecule has 1 N–H and O–H groups in total. The molecule has 0 spiro atoms. The second-order valence-electron chi connectivity index (χ2n) is 7.33. The summed E-state index contributed by atoms with van der Waals surface area (Å²) in [7, 11) is 0. The van der Waals surface area contributed by atoms with Crippen molar-refractivity contribution in [3.63, 3.8) is 0 Å². The van der Waals surface area contributed by atoms with E-state index in [1.165, 1.54) is 6.07 Å². The number of ether oxygens (including phenoxy) is 1. The summed E-state index contributed by atoms with van der Waals surface area (Å²) >= 11 is 0. The topological polar surface area (TPSA) is 79.7 Å². The van der Waals surface area contributed by atoms with Crippen molar-refractivity contribution in [2.75, 3.05) is 6.54 Å². The number of H-pyrrole nitrogens is 1. The van der Waals surface area contributed by atoms with Crippen LogP contribution in [-0.2, 0) is 4.74 Å². The molecule has 1 aliphatic heterocycles. The highest BCUT2D eigenvalue weighted by Gasteiger charge is 2.33. The summed E-state index contributed by atoms with van der Waals surface area (Å²) < 4.78 is 7.25. The number of likely N-dealkylation sites (tertiary alicyclic amines) is 1. The molecule has 7 heteroatoms. The summed E-state index contributed by atoms with van der Waals surface area (Å²) in [5, 5.41) is 4.60. The first-order chi connectivity index (χ1) is 11.2. The number of carbonyl (C=O) groups is 1. The van der Waals surface area contributed by atoms with Crippen LogP contribution in [0.4, 0.5) is 4.79 Å². The fourth-order valence-corrected chi connectivity index (χ4v) is 3.11. The van der Waals surface area contributed by atoms with Crippen LogP contribution in [0.5, 0.6) is 0 Å². The number of aromatic nitrogens is 3. The molecular formula is C17H24N4O3. The maximum Gasteiger partial charge on any atom is 0.410 e. The Morgan fingerprint density at radius 3 is 2.79 bits per heavy atom. The molecular weight excluding hydrogens is 308 g/mol. The standard InChI is InChI=1S/C17H24N4O3/c1-11-9-15(22)18-14-10-12(19-21(11)14)13-7-5-6-8-20(13)16(23)24-17(2,3)4/h9-10,13H,5-8H2,1-4H3,(H,18,22). The quantitative estimate of drug-likeness (QED) is 0.871. The van der Waals surface area contributed by atoms with Gasteiger partial charge >= 0.3 is 6.09 Å². The minimum atomic E-state index is -0.528. The molecule has 0 aliphatic carbocycles. The van der Waals surface area contributed by atoms with Crippen LogP contribution in [0.1, 0.15) is 57.5 Å². The minimum absolute atomic E-state index is 0.128. The molecule has 2 aromatic rings. The predicted molar refractivity (Wildman–Crippen MR) is 90.1 cm³/mol. The number of rotatable bonds is 1. The van der Waals surface area contributed by atoms with Crippen molar-refractivity contribution in [1.82, 2.24) is 19.5 Å². The van der Waals surface area contributed by atoms with Crippen molar-refractivity contribution in [3.05, 3.63) is 33.9 Å². The third-order valence-corrected chi connectivity index (χ3v) is 4.13. The van der Waals surface area contributed by atoms with E-state index in [4.69, 9.17) is 4.74 Å². The second kappa shape index (κ2) is 5.96. The number of hydrogen-bond acceptors (Lipinski definition) is 4. The highest BCUT2D eigenvalue weighted by molar-refractivity contribution is 5.69. The summed E-state index contributed by atoms with van der Waals surface area (Å²) in [5.41, 5.74) is 1.51. The molecule has 1 fully saturated rings. The molecule has 3 heterocycles. The maximum absolute atomic E-state index is 12.5. The van der Waals surface area contributed by atoms with Gasteiger partial charge in [0.05, 0.1) is 11.7 Å². The highest BCUT2D eigenvalue weighted by atomic mass is 16.6. The van der Waals surface area contributed by atoms with E-state index in [1.54, 1.807) is 9.42 Å². The zero-order valence-electron chi connectivity index (χ0n) is 14.6. The average Bonchev–Trinajstić information content (AvgIpc) is 2.89. The lowest BCUT2D eigenvalue weighted by atomic mass is 10.00. The lowest BCUT2D eigenvalue weighted by Crippen LogP contribution is -2.42. The molecule has 24 heavy (non-hydrogen) atoms. The number of aryl methyl sites for hydroxylation is 1. The third kappa shape index (κ3) is 3.29. The zero-order chi connectivity index (χ0) is 17.5. The van der Waals surface area contributed by atoms with Gasteiger partial charge in [-0.15, -0.1) is 0 Å². The van der Waals surface area contributed by atoms with Crippen molar-refractivity contribution in [1.29, 1.82) is 0 Å². The Morgan fingerprint density at radius 1 is 1.33 bits per heavy atom. The van der Waals surface area contributed by atoms with Crippen LogP contribution in [-0.4, -0.2) is 37.7 Å². The number of hydrogen-bond donors (Lipinski definition) is 1. The Balaban J connectivity index is 1.95. The first-order valence-electron chi connectivity index (χ1n) is 8.34. The molecule has 1 saturated heterocycles. The Labute approximate surface area is 140 Å². The van der Waals surface area contributed by atoms with Gasteiger partial charge in [0.25, 0.3) is 5.56 Å². The van der Waals surface area contributed by atoms with E-state index in [0.717, 1.165) is 30.7 Å². The van der Waals surface area contributed by atoms with Gasteiger partial charge in [-0.25, -0.2) is 9.31 Å². The van der Waals surface area contributed by atoms with E-state index in [0.29, 0.717) is 12.2 Å².